The number of nitrogens with one attached hydrogen (secondary N) is 1. The molecule has 90 valence electrons. The van der Waals surface area contributed by atoms with Crippen LogP contribution in [0.1, 0.15) is 34.1 Å². The monoisotopic (exact) mass is 230 g/mol. The normalized spacial score (nSPS) is 35.4. The molecule has 15 heavy (non-hydrogen) atoms. The highest BCUT2D eigenvalue weighted by Crippen LogP contribution is 2.21. The van der Waals surface area contributed by atoms with Crippen LogP contribution >= 0.6 is 11.8 Å². The fourth-order valence-electron chi connectivity index (χ4n) is 2.29. The van der Waals surface area contributed by atoms with Crippen molar-refractivity contribution < 1.29 is 0 Å². The summed E-state index contributed by atoms with van der Waals surface area (Å²) in [5, 5.41) is 3.67. The van der Waals surface area contributed by atoms with Crippen LogP contribution < -0.4 is 5.32 Å². The third-order valence-electron chi connectivity index (χ3n) is 3.68. The number of thioether (sulfide) groups is 1. The minimum Gasteiger partial charge on any atom is -0.309 e. The molecule has 3 unspecified atom stereocenters. The summed E-state index contributed by atoms with van der Waals surface area (Å²) in [6.45, 7) is 11.6. The summed E-state index contributed by atoms with van der Waals surface area (Å²) in [4.78, 5) is 2.66. The summed E-state index contributed by atoms with van der Waals surface area (Å²) >= 11 is 1.95. The number of nitrogens with zero attached hydrogens (tertiary/aromatic N) is 1. The number of hydrogen-bond acceptors (Lipinski definition) is 3. The maximum absolute atomic E-state index is 3.67. The summed E-state index contributed by atoms with van der Waals surface area (Å²) < 4.78 is 0. The molecule has 0 aromatic carbocycles. The van der Waals surface area contributed by atoms with Gasteiger partial charge in [0.15, 0.2) is 0 Å². The molecular weight excluding hydrogens is 204 g/mol. The van der Waals surface area contributed by atoms with Crippen LogP contribution in [-0.4, -0.2) is 47.6 Å². The first kappa shape index (κ1) is 13.3. The van der Waals surface area contributed by atoms with E-state index in [0.29, 0.717) is 17.6 Å². The summed E-state index contributed by atoms with van der Waals surface area (Å²) in [7, 11) is 0. The zero-order chi connectivity index (χ0) is 11.5. The lowest BCUT2D eigenvalue weighted by Crippen LogP contribution is -2.64. The molecule has 0 spiro atoms. The third kappa shape index (κ3) is 3.36. The van der Waals surface area contributed by atoms with E-state index in [0.717, 1.165) is 6.54 Å². The average molecular weight is 230 g/mol. The first-order valence-corrected chi connectivity index (χ1v) is 7.41. The molecule has 1 aliphatic heterocycles. The molecule has 0 amide bonds. The van der Waals surface area contributed by atoms with Crippen LogP contribution in [0.15, 0.2) is 0 Å². The Labute approximate surface area is 99.2 Å². The van der Waals surface area contributed by atoms with Crippen molar-refractivity contribution in [1.82, 2.24) is 10.2 Å². The molecule has 1 saturated heterocycles. The van der Waals surface area contributed by atoms with Gasteiger partial charge in [0.1, 0.15) is 0 Å². The van der Waals surface area contributed by atoms with E-state index in [1.807, 2.05) is 11.8 Å². The molecule has 1 rings (SSSR count). The van der Waals surface area contributed by atoms with Gasteiger partial charge in [0.25, 0.3) is 0 Å². The molecule has 1 fully saturated rings. The maximum Gasteiger partial charge on any atom is 0.0278 e. The third-order valence-corrected chi connectivity index (χ3v) is 4.49. The minimum absolute atomic E-state index is 0.319. The highest BCUT2D eigenvalue weighted by molar-refractivity contribution is 7.98. The van der Waals surface area contributed by atoms with Crippen molar-refractivity contribution in [2.24, 2.45) is 0 Å². The summed E-state index contributed by atoms with van der Waals surface area (Å²) in [6, 6.07) is 1.37. The predicted molar refractivity (Wildman–Crippen MR) is 70.7 cm³/mol. The van der Waals surface area contributed by atoms with Gasteiger partial charge >= 0.3 is 0 Å². The molecule has 0 saturated carbocycles. The van der Waals surface area contributed by atoms with Gasteiger partial charge in [0.2, 0.25) is 0 Å². The van der Waals surface area contributed by atoms with Crippen LogP contribution in [0.4, 0.5) is 0 Å². The van der Waals surface area contributed by atoms with Gasteiger partial charge in [0.05, 0.1) is 0 Å². The Bertz CT molecular complexity index is 198. The Balaban J connectivity index is 2.60. The van der Waals surface area contributed by atoms with Gasteiger partial charge in [-0.2, -0.15) is 11.8 Å². The second kappa shape index (κ2) is 5.55. The molecule has 1 N–H and O–H groups in total. The molecule has 0 aromatic heterocycles. The lowest BCUT2D eigenvalue weighted by molar-refractivity contribution is 0.0681. The first-order valence-electron chi connectivity index (χ1n) is 6.02. The van der Waals surface area contributed by atoms with Crippen LogP contribution in [0.2, 0.25) is 0 Å². The topological polar surface area (TPSA) is 15.3 Å². The van der Waals surface area contributed by atoms with Crippen molar-refractivity contribution in [3.05, 3.63) is 0 Å². The van der Waals surface area contributed by atoms with Gasteiger partial charge in [-0.25, -0.2) is 0 Å². The van der Waals surface area contributed by atoms with Crippen LogP contribution in [0.3, 0.4) is 0 Å². The zero-order valence-corrected chi connectivity index (χ0v) is 11.7. The predicted octanol–water partition coefficient (Wildman–Crippen LogP) is 2.20. The Hall–Kier alpha value is 0.270. The van der Waals surface area contributed by atoms with E-state index in [2.05, 4.69) is 44.2 Å². The molecule has 0 aromatic rings. The van der Waals surface area contributed by atoms with Crippen LogP contribution in [0.5, 0.6) is 0 Å². The van der Waals surface area contributed by atoms with E-state index in [-0.39, 0.29) is 0 Å². The Morgan fingerprint density at radius 3 is 2.80 bits per heavy atom. The molecule has 1 aliphatic rings. The molecule has 1 heterocycles. The lowest BCUT2D eigenvalue weighted by Gasteiger charge is -2.47. The number of piperazine rings is 1. The fraction of sp³-hybridized carbons (Fsp3) is 1.00. The second-order valence-electron chi connectivity index (χ2n) is 5.12. The van der Waals surface area contributed by atoms with Gasteiger partial charge in [0, 0.05) is 36.5 Å². The van der Waals surface area contributed by atoms with Gasteiger partial charge in [-0.1, -0.05) is 6.92 Å². The van der Waals surface area contributed by atoms with Crippen molar-refractivity contribution >= 4 is 11.8 Å². The molecular formula is C12H26N2S. The van der Waals surface area contributed by atoms with E-state index in [4.69, 9.17) is 0 Å². The average Bonchev–Trinajstić information content (AvgIpc) is 2.22. The second-order valence-corrected chi connectivity index (χ2v) is 6.03. The number of rotatable bonds is 4. The van der Waals surface area contributed by atoms with Crippen LogP contribution in [0.25, 0.3) is 0 Å². The highest BCUT2D eigenvalue weighted by Gasteiger charge is 2.34. The van der Waals surface area contributed by atoms with Crippen LogP contribution in [-0.2, 0) is 0 Å². The van der Waals surface area contributed by atoms with Gasteiger partial charge in [-0.05, 0) is 33.4 Å². The minimum atomic E-state index is 0.319. The Kier molecular flexibility index (Phi) is 4.94. The molecule has 3 heteroatoms. The molecule has 3 atom stereocenters. The van der Waals surface area contributed by atoms with E-state index in [1.54, 1.807) is 0 Å². The van der Waals surface area contributed by atoms with Gasteiger partial charge in [-0.3, -0.25) is 4.90 Å². The first-order chi connectivity index (χ1) is 7.02. The molecule has 0 bridgehead atoms. The smallest absolute Gasteiger partial charge is 0.0278 e. The quantitative estimate of drug-likeness (QED) is 0.797. The van der Waals surface area contributed by atoms with Gasteiger partial charge < -0.3 is 5.32 Å². The molecule has 0 radical (unpaired) electrons. The van der Waals surface area contributed by atoms with E-state index in [1.165, 1.54) is 18.7 Å². The Morgan fingerprint density at radius 1 is 1.60 bits per heavy atom. The van der Waals surface area contributed by atoms with Crippen molar-refractivity contribution in [2.45, 2.75) is 51.7 Å². The standard InChI is InChI=1S/C12H26N2S/c1-6-12(4)9-14(10(2)7-13-12)11(3)8-15-5/h10-11,13H,6-9H2,1-5H3. The highest BCUT2D eigenvalue weighted by atomic mass is 32.2. The van der Waals surface area contributed by atoms with Crippen molar-refractivity contribution in [1.29, 1.82) is 0 Å². The van der Waals surface area contributed by atoms with Crippen LogP contribution in [0, 0.1) is 0 Å². The largest absolute Gasteiger partial charge is 0.309 e. The van der Waals surface area contributed by atoms with E-state index < -0.39 is 0 Å². The van der Waals surface area contributed by atoms with Gasteiger partial charge in [-0.15, -0.1) is 0 Å². The maximum atomic E-state index is 3.67. The Morgan fingerprint density at radius 2 is 2.27 bits per heavy atom. The van der Waals surface area contributed by atoms with Crippen molar-refractivity contribution in [3.63, 3.8) is 0 Å². The SMILES string of the molecule is CCC1(C)CN(C(C)CSC)C(C)CN1. The van der Waals surface area contributed by atoms with Crippen molar-refractivity contribution in [2.75, 3.05) is 25.1 Å². The summed E-state index contributed by atoms with van der Waals surface area (Å²) in [5.41, 5.74) is 0.319. The summed E-state index contributed by atoms with van der Waals surface area (Å²) in [6.07, 6.45) is 3.41. The molecule has 2 nitrogen and oxygen atoms in total. The lowest BCUT2D eigenvalue weighted by atomic mass is 9.93. The van der Waals surface area contributed by atoms with Crippen molar-refractivity contribution in [3.8, 4) is 0 Å². The van der Waals surface area contributed by atoms with E-state index in [9.17, 15) is 0 Å². The zero-order valence-electron chi connectivity index (χ0n) is 10.8. The fourth-order valence-corrected chi connectivity index (χ4v) is 2.96. The van der Waals surface area contributed by atoms with E-state index >= 15 is 0 Å². The summed E-state index contributed by atoms with van der Waals surface area (Å²) in [5.74, 6) is 1.24. The number of hydrogen-bond donors (Lipinski definition) is 1. The molecule has 0 aliphatic carbocycles.